The minimum Gasteiger partial charge on any atom is -0.415 e. The Labute approximate surface area is 223 Å². The molecule has 0 radical (unpaired) electrons. The molecule has 11 nitrogen and oxygen atoms in total. The van der Waals surface area contributed by atoms with Gasteiger partial charge >= 0.3 is 0 Å². The fourth-order valence-electron chi connectivity index (χ4n) is 5.93. The lowest BCUT2D eigenvalue weighted by atomic mass is 10.0. The molecule has 194 valence electrons. The Morgan fingerprint density at radius 2 is 1.72 bits per heavy atom. The molecule has 1 amide bonds. The highest BCUT2D eigenvalue weighted by atomic mass is 16.4. The maximum atomic E-state index is 12.1. The van der Waals surface area contributed by atoms with E-state index < -0.39 is 0 Å². The van der Waals surface area contributed by atoms with Crippen LogP contribution in [0.3, 0.4) is 0 Å². The number of benzene rings is 1. The summed E-state index contributed by atoms with van der Waals surface area (Å²) in [6.45, 7) is 5.14. The van der Waals surface area contributed by atoms with E-state index in [1.807, 2.05) is 52.0 Å². The number of pyridine rings is 1. The van der Waals surface area contributed by atoms with E-state index in [4.69, 9.17) is 15.2 Å². The SMILES string of the molecule is C=CC(=O)N1CC2CC(n3nc(-c4ccc(-c5nnc(-c6ccccn6)o5)cc4)c4c(N)ncnc43)CC2C1. The summed E-state index contributed by atoms with van der Waals surface area (Å²) in [6, 6.07) is 13.5. The second kappa shape index (κ2) is 9.12. The van der Waals surface area contributed by atoms with Gasteiger partial charge in [-0.1, -0.05) is 24.8 Å². The monoisotopic (exact) mass is 519 g/mol. The zero-order chi connectivity index (χ0) is 26.5. The van der Waals surface area contributed by atoms with Crippen LogP contribution >= 0.6 is 0 Å². The van der Waals surface area contributed by atoms with E-state index in [-0.39, 0.29) is 11.9 Å². The molecular weight excluding hydrogens is 494 g/mol. The number of fused-ring (bicyclic) bond motifs is 2. The number of aromatic nitrogens is 7. The topological polar surface area (TPSA) is 142 Å². The zero-order valence-electron chi connectivity index (χ0n) is 21.0. The number of carbonyl (C=O) groups excluding carboxylic acids is 1. The normalized spacial score (nSPS) is 20.4. The number of hydrogen-bond acceptors (Lipinski definition) is 9. The van der Waals surface area contributed by atoms with Crippen molar-refractivity contribution >= 4 is 22.8 Å². The van der Waals surface area contributed by atoms with Crippen molar-refractivity contribution in [3.8, 4) is 34.3 Å². The van der Waals surface area contributed by atoms with Gasteiger partial charge in [-0.25, -0.2) is 14.6 Å². The van der Waals surface area contributed by atoms with Gasteiger partial charge in [0, 0.05) is 30.4 Å². The first-order chi connectivity index (χ1) is 19.1. The number of nitrogens with zero attached hydrogens (tertiary/aromatic N) is 8. The molecule has 7 rings (SSSR count). The highest BCUT2D eigenvalue weighted by Gasteiger charge is 2.43. The molecule has 2 N–H and O–H groups in total. The molecule has 0 bridgehead atoms. The molecule has 5 aromatic rings. The minimum atomic E-state index is 0.00484. The minimum absolute atomic E-state index is 0.00484. The molecule has 0 spiro atoms. The maximum absolute atomic E-state index is 12.1. The number of likely N-dealkylation sites (tertiary alicyclic amines) is 1. The molecule has 39 heavy (non-hydrogen) atoms. The van der Waals surface area contributed by atoms with E-state index in [9.17, 15) is 4.79 Å². The Bertz CT molecular complexity index is 1680. The Morgan fingerprint density at radius 3 is 2.44 bits per heavy atom. The number of carbonyl (C=O) groups is 1. The van der Waals surface area contributed by atoms with E-state index in [0.29, 0.717) is 35.1 Å². The molecule has 2 unspecified atom stereocenters. The largest absolute Gasteiger partial charge is 0.415 e. The van der Waals surface area contributed by atoms with Crippen LogP contribution in [0.15, 0.2) is 72.1 Å². The van der Waals surface area contributed by atoms with Crippen LogP contribution in [0.2, 0.25) is 0 Å². The number of rotatable bonds is 5. The summed E-state index contributed by atoms with van der Waals surface area (Å²) in [5.41, 5.74) is 10.1. The highest BCUT2D eigenvalue weighted by molar-refractivity contribution is 5.98. The van der Waals surface area contributed by atoms with Crippen molar-refractivity contribution in [1.82, 2.24) is 39.8 Å². The fourth-order valence-corrected chi connectivity index (χ4v) is 5.93. The van der Waals surface area contributed by atoms with Gasteiger partial charge in [-0.15, -0.1) is 10.2 Å². The molecule has 2 fully saturated rings. The molecule has 11 heteroatoms. The summed E-state index contributed by atoms with van der Waals surface area (Å²) in [7, 11) is 0. The predicted molar refractivity (Wildman–Crippen MR) is 144 cm³/mol. The number of hydrogen-bond donors (Lipinski definition) is 1. The lowest BCUT2D eigenvalue weighted by Gasteiger charge is -2.18. The second-order valence-electron chi connectivity index (χ2n) is 10.0. The van der Waals surface area contributed by atoms with Crippen LogP contribution in [-0.2, 0) is 4.79 Å². The molecule has 1 aromatic carbocycles. The number of anilines is 1. The highest BCUT2D eigenvalue weighted by Crippen LogP contribution is 2.45. The van der Waals surface area contributed by atoms with Crippen molar-refractivity contribution in [2.24, 2.45) is 11.8 Å². The van der Waals surface area contributed by atoms with Crippen molar-refractivity contribution in [3.05, 3.63) is 67.6 Å². The van der Waals surface area contributed by atoms with Crippen LogP contribution in [-0.4, -0.2) is 58.8 Å². The molecular formula is C28H25N9O2. The molecule has 1 aliphatic carbocycles. The smallest absolute Gasteiger partial charge is 0.266 e. The van der Waals surface area contributed by atoms with Gasteiger partial charge in [0.2, 0.25) is 11.8 Å². The van der Waals surface area contributed by atoms with Gasteiger partial charge in [-0.2, -0.15) is 5.10 Å². The first kappa shape index (κ1) is 23.2. The first-order valence-electron chi connectivity index (χ1n) is 12.8. The lowest BCUT2D eigenvalue weighted by Crippen LogP contribution is -2.28. The van der Waals surface area contributed by atoms with Crippen molar-refractivity contribution in [3.63, 3.8) is 0 Å². The summed E-state index contributed by atoms with van der Waals surface area (Å²) in [5, 5.41) is 14.1. The van der Waals surface area contributed by atoms with Gasteiger partial charge in [-0.3, -0.25) is 9.78 Å². The number of nitrogen functional groups attached to an aromatic ring is 1. The van der Waals surface area contributed by atoms with E-state index in [2.05, 4.69) is 31.7 Å². The zero-order valence-corrected chi connectivity index (χ0v) is 21.0. The Morgan fingerprint density at radius 1 is 0.974 bits per heavy atom. The third kappa shape index (κ3) is 3.94. The fraction of sp³-hybridized carbons (Fsp3) is 0.250. The molecule has 4 aromatic heterocycles. The van der Waals surface area contributed by atoms with Gasteiger partial charge in [0.1, 0.15) is 23.5 Å². The van der Waals surface area contributed by atoms with Gasteiger partial charge in [0.05, 0.1) is 11.4 Å². The second-order valence-corrected chi connectivity index (χ2v) is 10.0. The molecule has 1 saturated heterocycles. The Kier molecular flexibility index (Phi) is 5.43. The first-order valence-corrected chi connectivity index (χ1v) is 12.8. The molecule has 2 aliphatic rings. The van der Waals surface area contributed by atoms with Crippen LogP contribution in [0, 0.1) is 11.8 Å². The van der Waals surface area contributed by atoms with E-state index in [1.54, 1.807) is 6.20 Å². The lowest BCUT2D eigenvalue weighted by molar-refractivity contribution is -0.125. The maximum Gasteiger partial charge on any atom is 0.266 e. The number of nitrogens with two attached hydrogens (primary N) is 1. The third-order valence-corrected chi connectivity index (χ3v) is 7.79. The van der Waals surface area contributed by atoms with Crippen LogP contribution in [0.4, 0.5) is 5.82 Å². The summed E-state index contributed by atoms with van der Waals surface area (Å²) < 4.78 is 7.86. The Balaban J connectivity index is 1.18. The summed E-state index contributed by atoms with van der Waals surface area (Å²) >= 11 is 0. The van der Waals surface area contributed by atoms with Crippen molar-refractivity contribution in [2.45, 2.75) is 18.9 Å². The van der Waals surface area contributed by atoms with E-state index >= 15 is 0 Å². The standard InChI is InChI=1S/C28H25N9O2/c1-2-22(38)36-13-18-11-20(12-19(18)14-36)37-26-23(25(29)31-15-32-26)24(35-37)16-6-8-17(9-7-16)27-33-34-28(39-27)21-5-3-4-10-30-21/h2-10,15,18-20H,1,11-14H2,(H2,29,31,32). The average molecular weight is 520 g/mol. The van der Waals surface area contributed by atoms with E-state index in [1.165, 1.54) is 12.4 Å². The van der Waals surface area contributed by atoms with E-state index in [0.717, 1.165) is 53.8 Å². The van der Waals surface area contributed by atoms with Crippen LogP contribution in [0.1, 0.15) is 18.9 Å². The van der Waals surface area contributed by atoms with Crippen LogP contribution in [0.25, 0.3) is 45.3 Å². The number of amides is 1. The summed E-state index contributed by atoms with van der Waals surface area (Å²) in [6.07, 6.45) is 6.43. The van der Waals surface area contributed by atoms with Crippen molar-refractivity contribution in [2.75, 3.05) is 18.8 Å². The van der Waals surface area contributed by atoms with Crippen molar-refractivity contribution in [1.29, 1.82) is 0 Å². The summed E-state index contributed by atoms with van der Waals surface area (Å²) in [4.78, 5) is 27.1. The molecule has 1 saturated carbocycles. The van der Waals surface area contributed by atoms with Gasteiger partial charge in [0.15, 0.2) is 5.65 Å². The van der Waals surface area contributed by atoms with Crippen LogP contribution < -0.4 is 5.73 Å². The van der Waals surface area contributed by atoms with Crippen LogP contribution in [0.5, 0.6) is 0 Å². The third-order valence-electron chi connectivity index (χ3n) is 7.79. The molecule has 2 atom stereocenters. The Hall–Kier alpha value is -4.93. The van der Waals surface area contributed by atoms with Gasteiger partial charge < -0.3 is 15.1 Å². The van der Waals surface area contributed by atoms with Crippen molar-refractivity contribution < 1.29 is 9.21 Å². The predicted octanol–water partition coefficient (Wildman–Crippen LogP) is 3.78. The average Bonchev–Trinajstić information content (AvgIpc) is 3.75. The quantitative estimate of drug-likeness (QED) is 0.343. The molecule has 5 heterocycles. The van der Waals surface area contributed by atoms with Gasteiger partial charge in [-0.05, 0) is 55.0 Å². The summed E-state index contributed by atoms with van der Waals surface area (Å²) in [5.74, 6) is 2.04. The van der Waals surface area contributed by atoms with Gasteiger partial charge in [0.25, 0.3) is 5.89 Å². The molecule has 1 aliphatic heterocycles.